The van der Waals surface area contributed by atoms with E-state index in [4.69, 9.17) is 5.11 Å². The molecular weight excluding hydrogens is 291 g/mol. The Morgan fingerprint density at radius 2 is 1.86 bits per heavy atom. The molecule has 0 bridgehead atoms. The van der Waals surface area contributed by atoms with Crippen LogP contribution in [-0.2, 0) is 17.2 Å². The first-order valence-electron chi connectivity index (χ1n) is 6.53. The molecule has 0 spiro atoms. The van der Waals surface area contributed by atoms with Gasteiger partial charge in [0, 0.05) is 5.75 Å². The summed E-state index contributed by atoms with van der Waals surface area (Å²) in [6.45, 7) is 0. The number of carbonyl (C=O) groups is 1. The van der Waals surface area contributed by atoms with Gasteiger partial charge in [0.25, 0.3) is 0 Å². The van der Waals surface area contributed by atoms with Crippen LogP contribution in [0.15, 0.2) is 53.4 Å². The van der Waals surface area contributed by atoms with Crippen LogP contribution in [0.5, 0.6) is 0 Å². The van der Waals surface area contributed by atoms with Gasteiger partial charge in [-0.05, 0) is 36.6 Å². The first kappa shape index (κ1) is 15.4. The second-order valence-corrected chi connectivity index (χ2v) is 6.13. The molecule has 0 heterocycles. The molecule has 1 atom stereocenters. The van der Waals surface area contributed by atoms with Gasteiger partial charge in [0.2, 0.25) is 0 Å². The Morgan fingerprint density at radius 3 is 2.52 bits per heavy atom. The number of benzene rings is 2. The maximum atomic E-state index is 13.6. The topological polar surface area (TPSA) is 54.4 Å². The van der Waals surface area contributed by atoms with E-state index in [1.807, 2.05) is 30.3 Å². The standard InChI is InChI=1S/C16H15FO3S/c17-14-9-8-13(16(18)19)11-15(14)21(20)10-4-7-12-5-2-1-3-6-12/h1-3,5-6,8-9,11H,4,7,10H2,(H,18,19). The third-order valence-corrected chi connectivity index (χ3v) is 4.52. The maximum Gasteiger partial charge on any atom is 0.335 e. The number of carboxylic acids is 1. The molecule has 0 aliphatic carbocycles. The number of carboxylic acid groups (broad SMARTS) is 1. The highest BCUT2D eigenvalue weighted by molar-refractivity contribution is 7.85. The van der Waals surface area contributed by atoms with Gasteiger partial charge in [-0.25, -0.2) is 9.18 Å². The lowest BCUT2D eigenvalue weighted by molar-refractivity contribution is 0.0696. The fourth-order valence-electron chi connectivity index (χ4n) is 1.97. The van der Waals surface area contributed by atoms with Gasteiger partial charge in [-0.2, -0.15) is 0 Å². The second-order valence-electron chi connectivity index (χ2n) is 4.59. The lowest BCUT2D eigenvalue weighted by Gasteiger charge is -2.05. The molecule has 2 aromatic rings. The van der Waals surface area contributed by atoms with E-state index in [0.29, 0.717) is 12.2 Å². The zero-order chi connectivity index (χ0) is 15.2. The van der Waals surface area contributed by atoms with Crippen LogP contribution < -0.4 is 0 Å². The zero-order valence-electron chi connectivity index (χ0n) is 11.3. The van der Waals surface area contributed by atoms with E-state index in [1.165, 1.54) is 6.07 Å². The summed E-state index contributed by atoms with van der Waals surface area (Å²) in [4.78, 5) is 10.8. The minimum Gasteiger partial charge on any atom is -0.478 e. The van der Waals surface area contributed by atoms with Crippen LogP contribution in [0.1, 0.15) is 22.3 Å². The fourth-order valence-corrected chi connectivity index (χ4v) is 3.14. The molecule has 2 rings (SSSR count). The lowest BCUT2D eigenvalue weighted by Crippen LogP contribution is -2.05. The molecule has 0 aliphatic rings. The molecule has 2 aromatic carbocycles. The van der Waals surface area contributed by atoms with E-state index >= 15 is 0 Å². The molecule has 0 saturated carbocycles. The van der Waals surface area contributed by atoms with E-state index < -0.39 is 22.6 Å². The molecule has 0 amide bonds. The van der Waals surface area contributed by atoms with Crippen molar-refractivity contribution < 1.29 is 18.5 Å². The summed E-state index contributed by atoms with van der Waals surface area (Å²) in [7, 11) is -1.53. The summed E-state index contributed by atoms with van der Waals surface area (Å²) < 4.78 is 25.8. The normalized spacial score (nSPS) is 12.0. The summed E-state index contributed by atoms with van der Waals surface area (Å²) in [5, 5.41) is 8.89. The molecule has 0 radical (unpaired) electrons. The SMILES string of the molecule is O=C(O)c1ccc(F)c(S(=O)CCCc2ccccc2)c1. The third kappa shape index (κ3) is 4.23. The molecule has 21 heavy (non-hydrogen) atoms. The average Bonchev–Trinajstić information content (AvgIpc) is 2.48. The first-order valence-corrected chi connectivity index (χ1v) is 7.85. The number of hydrogen-bond acceptors (Lipinski definition) is 2. The Kier molecular flexibility index (Phi) is 5.22. The highest BCUT2D eigenvalue weighted by Crippen LogP contribution is 2.16. The van der Waals surface area contributed by atoms with Crippen LogP contribution in [0.4, 0.5) is 4.39 Å². The first-order chi connectivity index (χ1) is 10.1. The molecule has 3 nitrogen and oxygen atoms in total. The number of halogens is 1. The van der Waals surface area contributed by atoms with E-state index in [1.54, 1.807) is 0 Å². The molecule has 0 fully saturated rings. The van der Waals surface area contributed by atoms with Crippen molar-refractivity contribution in [1.82, 2.24) is 0 Å². The van der Waals surface area contributed by atoms with E-state index in [0.717, 1.165) is 24.1 Å². The van der Waals surface area contributed by atoms with Gasteiger partial charge in [0.05, 0.1) is 21.3 Å². The molecule has 1 N–H and O–H groups in total. The lowest BCUT2D eigenvalue weighted by atomic mass is 10.1. The van der Waals surface area contributed by atoms with Crippen LogP contribution in [-0.4, -0.2) is 21.0 Å². The Balaban J connectivity index is 2.00. The number of aromatic carboxylic acids is 1. The smallest absolute Gasteiger partial charge is 0.335 e. The summed E-state index contributed by atoms with van der Waals surface area (Å²) in [5.41, 5.74) is 1.08. The largest absolute Gasteiger partial charge is 0.478 e. The van der Waals surface area contributed by atoms with Crippen LogP contribution in [0.2, 0.25) is 0 Å². The quantitative estimate of drug-likeness (QED) is 0.891. The minimum absolute atomic E-state index is 0.0389. The van der Waals surface area contributed by atoms with Crippen molar-refractivity contribution in [2.45, 2.75) is 17.7 Å². The van der Waals surface area contributed by atoms with Crippen molar-refractivity contribution >= 4 is 16.8 Å². The van der Waals surface area contributed by atoms with Crippen molar-refractivity contribution in [1.29, 1.82) is 0 Å². The van der Waals surface area contributed by atoms with Crippen LogP contribution in [0.3, 0.4) is 0 Å². The van der Waals surface area contributed by atoms with Crippen molar-refractivity contribution in [2.75, 3.05) is 5.75 Å². The average molecular weight is 306 g/mol. The third-order valence-electron chi connectivity index (χ3n) is 3.06. The number of aryl methyl sites for hydroxylation is 1. The van der Waals surface area contributed by atoms with E-state index in [9.17, 15) is 13.4 Å². The number of hydrogen-bond donors (Lipinski definition) is 1. The highest BCUT2D eigenvalue weighted by Gasteiger charge is 2.13. The van der Waals surface area contributed by atoms with Gasteiger partial charge in [0.1, 0.15) is 5.82 Å². The Bertz CT molecular complexity index is 656. The van der Waals surface area contributed by atoms with Gasteiger partial charge in [-0.3, -0.25) is 4.21 Å². The van der Waals surface area contributed by atoms with E-state index in [-0.39, 0.29) is 10.5 Å². The predicted molar refractivity (Wildman–Crippen MR) is 79.4 cm³/mol. The molecule has 110 valence electrons. The zero-order valence-corrected chi connectivity index (χ0v) is 12.1. The number of rotatable bonds is 6. The summed E-state index contributed by atoms with van der Waals surface area (Å²) in [6.07, 6.45) is 1.40. The minimum atomic E-state index is -1.53. The molecular formula is C16H15FO3S. The highest BCUT2D eigenvalue weighted by atomic mass is 32.2. The Labute approximate surface area is 124 Å². The molecule has 5 heteroatoms. The van der Waals surface area contributed by atoms with Gasteiger partial charge in [0.15, 0.2) is 0 Å². The molecule has 0 aliphatic heterocycles. The summed E-state index contributed by atoms with van der Waals surface area (Å²) in [5.74, 6) is -1.48. The van der Waals surface area contributed by atoms with Gasteiger partial charge >= 0.3 is 5.97 Å². The van der Waals surface area contributed by atoms with Crippen molar-refractivity contribution in [3.05, 3.63) is 65.5 Å². The second kappa shape index (κ2) is 7.13. The van der Waals surface area contributed by atoms with Gasteiger partial charge < -0.3 is 5.11 Å². The van der Waals surface area contributed by atoms with Crippen molar-refractivity contribution in [3.8, 4) is 0 Å². The van der Waals surface area contributed by atoms with Crippen molar-refractivity contribution in [2.24, 2.45) is 0 Å². The molecule has 0 aromatic heterocycles. The maximum absolute atomic E-state index is 13.6. The fraction of sp³-hybridized carbons (Fsp3) is 0.188. The van der Waals surface area contributed by atoms with Crippen LogP contribution in [0, 0.1) is 5.82 Å². The van der Waals surface area contributed by atoms with E-state index in [2.05, 4.69) is 0 Å². The molecule has 0 saturated heterocycles. The van der Waals surface area contributed by atoms with Crippen LogP contribution >= 0.6 is 0 Å². The summed E-state index contributed by atoms with van der Waals surface area (Å²) in [6, 6.07) is 13.1. The van der Waals surface area contributed by atoms with Crippen LogP contribution in [0.25, 0.3) is 0 Å². The molecule has 1 unspecified atom stereocenters. The van der Waals surface area contributed by atoms with Gasteiger partial charge in [-0.1, -0.05) is 30.3 Å². The summed E-state index contributed by atoms with van der Waals surface area (Å²) >= 11 is 0. The van der Waals surface area contributed by atoms with Gasteiger partial charge in [-0.15, -0.1) is 0 Å². The Morgan fingerprint density at radius 1 is 1.14 bits per heavy atom. The Hall–Kier alpha value is -2.01. The predicted octanol–water partition coefficient (Wildman–Crippen LogP) is 3.26. The van der Waals surface area contributed by atoms with Crippen molar-refractivity contribution in [3.63, 3.8) is 0 Å². The monoisotopic (exact) mass is 306 g/mol.